The molecular weight excluding hydrogens is 164 g/mol. The van der Waals surface area contributed by atoms with E-state index in [0.29, 0.717) is 6.54 Å². The fraction of sp³-hybridized carbons (Fsp3) is 0.300. The first-order valence-corrected chi connectivity index (χ1v) is 4.27. The van der Waals surface area contributed by atoms with Crippen LogP contribution in [0.1, 0.15) is 0 Å². The Morgan fingerprint density at radius 1 is 1.15 bits per heavy atom. The number of likely N-dealkylation sites (N-methyl/N-ethyl adjacent to an activating group) is 2. The zero-order valence-electron chi connectivity index (χ0n) is 7.82. The van der Waals surface area contributed by atoms with Crippen LogP contribution in [0.15, 0.2) is 24.3 Å². The zero-order chi connectivity index (χ0) is 9.42. The van der Waals surface area contributed by atoms with Crippen molar-refractivity contribution in [3.05, 3.63) is 24.3 Å². The van der Waals surface area contributed by atoms with Gasteiger partial charge in [-0.05, 0) is 12.1 Å². The van der Waals surface area contributed by atoms with Gasteiger partial charge in [0.25, 0.3) is 0 Å². The van der Waals surface area contributed by atoms with E-state index in [0.717, 1.165) is 11.4 Å². The molecule has 0 N–H and O–H groups in total. The second-order valence-corrected chi connectivity index (χ2v) is 3.30. The molecule has 1 aliphatic rings. The third-order valence-electron chi connectivity index (χ3n) is 2.40. The van der Waals surface area contributed by atoms with Crippen LogP contribution in [-0.4, -0.2) is 26.5 Å². The first kappa shape index (κ1) is 8.10. The van der Waals surface area contributed by atoms with Crippen molar-refractivity contribution in [2.75, 3.05) is 30.4 Å². The third-order valence-corrected chi connectivity index (χ3v) is 2.40. The lowest BCUT2D eigenvalue weighted by atomic mass is 10.2. The molecule has 0 spiro atoms. The molecule has 0 fully saturated rings. The Kier molecular flexibility index (Phi) is 1.72. The predicted octanol–water partition coefficient (Wildman–Crippen LogP) is 1.10. The lowest BCUT2D eigenvalue weighted by molar-refractivity contribution is -0.117. The molecule has 1 aromatic rings. The van der Waals surface area contributed by atoms with Crippen LogP contribution in [0.2, 0.25) is 0 Å². The average molecular weight is 176 g/mol. The summed E-state index contributed by atoms with van der Waals surface area (Å²) in [4.78, 5) is 15.1. The molecule has 0 saturated carbocycles. The summed E-state index contributed by atoms with van der Waals surface area (Å²) in [5.74, 6) is 0.140. The molecule has 3 nitrogen and oxygen atoms in total. The molecule has 0 radical (unpaired) electrons. The van der Waals surface area contributed by atoms with Gasteiger partial charge in [0, 0.05) is 14.1 Å². The molecule has 1 heterocycles. The molecule has 1 aliphatic heterocycles. The Morgan fingerprint density at radius 2 is 1.77 bits per heavy atom. The number of fused-ring (bicyclic) bond motifs is 1. The average Bonchev–Trinajstić information content (AvgIpc) is 2.15. The van der Waals surface area contributed by atoms with Gasteiger partial charge in [0.1, 0.15) is 0 Å². The molecular formula is C10H12N2O. The zero-order valence-corrected chi connectivity index (χ0v) is 7.82. The van der Waals surface area contributed by atoms with Gasteiger partial charge in [-0.25, -0.2) is 0 Å². The standard InChI is InChI=1S/C10H12N2O/c1-11-7-10(13)12(2)9-6-4-3-5-8(9)11/h3-6H,7H2,1-2H3. The number of rotatable bonds is 0. The number of amides is 1. The number of carbonyl (C=O) groups is 1. The number of benzene rings is 1. The first-order chi connectivity index (χ1) is 6.20. The van der Waals surface area contributed by atoms with E-state index in [1.165, 1.54) is 0 Å². The summed E-state index contributed by atoms with van der Waals surface area (Å²) in [5.41, 5.74) is 2.10. The second kappa shape index (κ2) is 2.76. The van der Waals surface area contributed by atoms with Crippen LogP contribution in [0.4, 0.5) is 11.4 Å². The number of anilines is 2. The molecule has 0 aromatic heterocycles. The molecule has 1 aromatic carbocycles. The molecule has 2 rings (SSSR count). The van der Waals surface area contributed by atoms with E-state index < -0.39 is 0 Å². The van der Waals surface area contributed by atoms with Gasteiger partial charge in [-0.15, -0.1) is 0 Å². The largest absolute Gasteiger partial charge is 0.364 e. The number of nitrogens with zero attached hydrogens (tertiary/aromatic N) is 2. The maximum atomic E-state index is 11.5. The van der Waals surface area contributed by atoms with Crippen molar-refractivity contribution in [1.29, 1.82) is 0 Å². The summed E-state index contributed by atoms with van der Waals surface area (Å²) < 4.78 is 0. The summed E-state index contributed by atoms with van der Waals surface area (Å²) in [6, 6.07) is 7.92. The smallest absolute Gasteiger partial charge is 0.246 e. The van der Waals surface area contributed by atoms with Crippen LogP contribution in [0.3, 0.4) is 0 Å². The van der Waals surface area contributed by atoms with Gasteiger partial charge >= 0.3 is 0 Å². The van der Waals surface area contributed by atoms with Gasteiger partial charge in [0.05, 0.1) is 17.9 Å². The van der Waals surface area contributed by atoms with E-state index >= 15 is 0 Å². The summed E-state index contributed by atoms with van der Waals surface area (Å²) in [5, 5.41) is 0. The third kappa shape index (κ3) is 1.16. The minimum absolute atomic E-state index is 0.140. The van der Waals surface area contributed by atoms with Crippen molar-refractivity contribution >= 4 is 17.3 Å². The van der Waals surface area contributed by atoms with E-state index in [2.05, 4.69) is 0 Å². The topological polar surface area (TPSA) is 23.6 Å². The fourth-order valence-corrected chi connectivity index (χ4v) is 1.60. The predicted molar refractivity (Wildman–Crippen MR) is 53.1 cm³/mol. The number of carbonyl (C=O) groups excluding carboxylic acids is 1. The fourth-order valence-electron chi connectivity index (χ4n) is 1.60. The van der Waals surface area contributed by atoms with Crippen LogP contribution in [0.5, 0.6) is 0 Å². The summed E-state index contributed by atoms with van der Waals surface area (Å²) in [7, 11) is 3.75. The number of hydrogen-bond acceptors (Lipinski definition) is 2. The van der Waals surface area contributed by atoms with Crippen molar-refractivity contribution < 1.29 is 4.79 Å². The summed E-state index contributed by atoms with van der Waals surface area (Å²) in [6.45, 7) is 0.466. The van der Waals surface area contributed by atoms with E-state index in [4.69, 9.17) is 0 Å². The van der Waals surface area contributed by atoms with Gasteiger partial charge in [0.15, 0.2) is 0 Å². The summed E-state index contributed by atoms with van der Waals surface area (Å²) in [6.07, 6.45) is 0. The number of para-hydroxylation sites is 2. The highest BCUT2D eigenvalue weighted by Gasteiger charge is 2.23. The monoisotopic (exact) mass is 176 g/mol. The van der Waals surface area contributed by atoms with E-state index in [-0.39, 0.29) is 5.91 Å². The van der Waals surface area contributed by atoms with Crippen molar-refractivity contribution in [3.8, 4) is 0 Å². The van der Waals surface area contributed by atoms with E-state index in [1.54, 1.807) is 4.90 Å². The molecule has 3 heteroatoms. The molecule has 0 aliphatic carbocycles. The van der Waals surface area contributed by atoms with Gasteiger partial charge in [-0.2, -0.15) is 0 Å². The highest BCUT2D eigenvalue weighted by atomic mass is 16.2. The van der Waals surface area contributed by atoms with Crippen molar-refractivity contribution in [3.63, 3.8) is 0 Å². The number of hydrogen-bond donors (Lipinski definition) is 0. The SMILES string of the molecule is CN1CC(=O)N(C)c2ccccc21. The van der Waals surface area contributed by atoms with Crippen LogP contribution < -0.4 is 9.80 Å². The van der Waals surface area contributed by atoms with Crippen LogP contribution in [0.25, 0.3) is 0 Å². The first-order valence-electron chi connectivity index (χ1n) is 4.27. The second-order valence-electron chi connectivity index (χ2n) is 3.30. The van der Waals surface area contributed by atoms with Crippen molar-refractivity contribution in [2.45, 2.75) is 0 Å². The van der Waals surface area contributed by atoms with Gasteiger partial charge in [-0.1, -0.05) is 12.1 Å². The molecule has 1 amide bonds. The van der Waals surface area contributed by atoms with Gasteiger partial charge < -0.3 is 9.80 Å². The van der Waals surface area contributed by atoms with Crippen LogP contribution >= 0.6 is 0 Å². The Balaban J connectivity index is 2.53. The molecule has 0 bridgehead atoms. The van der Waals surface area contributed by atoms with Crippen LogP contribution in [-0.2, 0) is 4.79 Å². The van der Waals surface area contributed by atoms with E-state index in [1.807, 2.05) is 43.3 Å². The molecule has 0 unspecified atom stereocenters. The normalized spacial score (nSPS) is 16.0. The van der Waals surface area contributed by atoms with Gasteiger partial charge in [0.2, 0.25) is 5.91 Å². The van der Waals surface area contributed by atoms with E-state index in [9.17, 15) is 4.79 Å². The quantitative estimate of drug-likeness (QED) is 0.591. The molecule has 0 saturated heterocycles. The lowest BCUT2D eigenvalue weighted by Gasteiger charge is -2.32. The Labute approximate surface area is 77.6 Å². The molecule has 68 valence electrons. The minimum Gasteiger partial charge on any atom is -0.364 e. The maximum absolute atomic E-state index is 11.5. The minimum atomic E-state index is 0.140. The molecule has 0 atom stereocenters. The Hall–Kier alpha value is -1.51. The lowest BCUT2D eigenvalue weighted by Crippen LogP contribution is -2.41. The van der Waals surface area contributed by atoms with Gasteiger partial charge in [-0.3, -0.25) is 4.79 Å². The maximum Gasteiger partial charge on any atom is 0.246 e. The molecule has 13 heavy (non-hydrogen) atoms. The van der Waals surface area contributed by atoms with Crippen molar-refractivity contribution in [1.82, 2.24) is 0 Å². The van der Waals surface area contributed by atoms with Crippen molar-refractivity contribution in [2.24, 2.45) is 0 Å². The highest BCUT2D eigenvalue weighted by molar-refractivity contribution is 6.02. The highest BCUT2D eigenvalue weighted by Crippen LogP contribution is 2.30. The van der Waals surface area contributed by atoms with Crippen LogP contribution in [0, 0.1) is 0 Å². The Bertz CT molecular complexity index is 349. The Morgan fingerprint density at radius 3 is 2.46 bits per heavy atom. The summed E-state index contributed by atoms with van der Waals surface area (Å²) >= 11 is 0.